The molecule has 1 aromatic carbocycles. The van der Waals surface area contributed by atoms with Gasteiger partial charge < -0.3 is 15.0 Å². The van der Waals surface area contributed by atoms with Gasteiger partial charge in [-0.25, -0.2) is 4.79 Å². The molecule has 25 heavy (non-hydrogen) atoms. The normalized spacial score (nSPS) is 23.4. The van der Waals surface area contributed by atoms with Crippen molar-refractivity contribution in [2.45, 2.75) is 43.9 Å². The first-order chi connectivity index (χ1) is 12.0. The molecule has 5 nitrogen and oxygen atoms in total. The van der Waals surface area contributed by atoms with Crippen LogP contribution in [0.25, 0.3) is 0 Å². The van der Waals surface area contributed by atoms with Crippen LogP contribution in [-0.2, 0) is 11.3 Å². The summed E-state index contributed by atoms with van der Waals surface area (Å²) in [5.41, 5.74) is 1.10. The SMILES string of the molecule is CN(C)C(=O)N[C@H]1CCOC2(CCN(Cc3ccccc3Cl)CC2)C1. The summed E-state index contributed by atoms with van der Waals surface area (Å²) in [4.78, 5) is 16.0. The summed E-state index contributed by atoms with van der Waals surface area (Å²) in [6.45, 7) is 3.61. The molecule has 1 N–H and O–H groups in total. The maximum Gasteiger partial charge on any atom is 0.317 e. The van der Waals surface area contributed by atoms with Crippen molar-refractivity contribution >= 4 is 17.6 Å². The molecule has 0 aliphatic carbocycles. The summed E-state index contributed by atoms with van der Waals surface area (Å²) in [6.07, 6.45) is 3.81. The van der Waals surface area contributed by atoms with Crippen molar-refractivity contribution in [2.75, 3.05) is 33.8 Å². The predicted molar refractivity (Wildman–Crippen MR) is 99.9 cm³/mol. The molecule has 6 heteroatoms. The van der Waals surface area contributed by atoms with E-state index in [1.165, 1.54) is 5.56 Å². The van der Waals surface area contributed by atoms with Gasteiger partial charge in [-0.1, -0.05) is 29.8 Å². The molecule has 3 rings (SSSR count). The van der Waals surface area contributed by atoms with E-state index in [1.54, 1.807) is 19.0 Å². The Labute approximate surface area is 155 Å². The number of nitrogens with zero attached hydrogens (tertiary/aromatic N) is 2. The quantitative estimate of drug-likeness (QED) is 0.895. The largest absolute Gasteiger partial charge is 0.375 e. The number of carbonyl (C=O) groups is 1. The van der Waals surface area contributed by atoms with Crippen molar-refractivity contribution in [1.29, 1.82) is 0 Å². The van der Waals surface area contributed by atoms with Gasteiger partial charge in [-0.2, -0.15) is 0 Å². The number of likely N-dealkylation sites (tertiary alicyclic amines) is 1. The number of benzene rings is 1. The number of piperidine rings is 1. The topological polar surface area (TPSA) is 44.8 Å². The lowest BCUT2D eigenvalue weighted by Gasteiger charge is -2.46. The van der Waals surface area contributed by atoms with E-state index in [9.17, 15) is 4.79 Å². The highest BCUT2D eigenvalue weighted by Crippen LogP contribution is 2.35. The molecule has 138 valence electrons. The first-order valence-electron chi connectivity index (χ1n) is 9.05. The first-order valence-corrected chi connectivity index (χ1v) is 9.43. The first kappa shape index (κ1) is 18.5. The second-order valence-electron chi connectivity index (χ2n) is 7.43. The van der Waals surface area contributed by atoms with E-state index in [4.69, 9.17) is 16.3 Å². The maximum atomic E-state index is 11.9. The molecule has 0 radical (unpaired) electrons. The minimum Gasteiger partial charge on any atom is -0.375 e. The molecule has 2 aliphatic heterocycles. The number of ether oxygens (including phenoxy) is 1. The highest BCUT2D eigenvalue weighted by molar-refractivity contribution is 6.31. The Balaban J connectivity index is 1.53. The van der Waals surface area contributed by atoms with Crippen molar-refractivity contribution in [2.24, 2.45) is 0 Å². The van der Waals surface area contributed by atoms with Gasteiger partial charge in [0, 0.05) is 51.4 Å². The molecule has 0 saturated carbocycles. The Hall–Kier alpha value is -1.30. The van der Waals surface area contributed by atoms with Crippen LogP contribution in [0.2, 0.25) is 5.02 Å². The molecule has 2 aliphatic rings. The number of carbonyl (C=O) groups excluding carboxylic acids is 1. The fraction of sp³-hybridized carbons (Fsp3) is 0.632. The average molecular weight is 366 g/mol. The predicted octanol–water partition coefficient (Wildman–Crippen LogP) is 3.12. The highest BCUT2D eigenvalue weighted by atomic mass is 35.5. The standard InChI is InChI=1S/C19H28ClN3O2/c1-22(2)18(24)21-16-7-12-25-19(13-16)8-10-23(11-9-19)14-15-5-3-4-6-17(15)20/h3-6,16H,7-14H2,1-2H3,(H,21,24)/t16-/m0/s1. The molecule has 1 atom stereocenters. The zero-order valence-electron chi connectivity index (χ0n) is 15.1. The molecule has 1 aromatic rings. The van der Waals surface area contributed by atoms with Crippen LogP contribution in [0.3, 0.4) is 0 Å². The highest BCUT2D eigenvalue weighted by Gasteiger charge is 2.40. The van der Waals surface area contributed by atoms with Gasteiger partial charge in [0.05, 0.1) is 5.60 Å². The van der Waals surface area contributed by atoms with Crippen molar-refractivity contribution in [3.8, 4) is 0 Å². The monoisotopic (exact) mass is 365 g/mol. The second kappa shape index (κ2) is 7.94. The molecule has 2 fully saturated rings. The van der Waals surface area contributed by atoms with Gasteiger partial charge in [-0.15, -0.1) is 0 Å². The van der Waals surface area contributed by atoms with Crippen LogP contribution in [0.5, 0.6) is 0 Å². The Morgan fingerprint density at radius 2 is 2.08 bits per heavy atom. The molecular weight excluding hydrogens is 338 g/mol. The lowest BCUT2D eigenvalue weighted by Crippen LogP contribution is -2.54. The lowest BCUT2D eigenvalue weighted by molar-refractivity contribution is -0.119. The number of hydrogen-bond acceptors (Lipinski definition) is 3. The van der Waals surface area contributed by atoms with Crippen LogP contribution >= 0.6 is 11.6 Å². The van der Waals surface area contributed by atoms with Crippen molar-refractivity contribution < 1.29 is 9.53 Å². The Kier molecular flexibility index (Phi) is 5.87. The van der Waals surface area contributed by atoms with E-state index >= 15 is 0 Å². The Morgan fingerprint density at radius 3 is 2.76 bits per heavy atom. The summed E-state index contributed by atoms with van der Waals surface area (Å²) < 4.78 is 6.18. The Bertz CT molecular complexity index is 600. The molecule has 0 aromatic heterocycles. The second-order valence-corrected chi connectivity index (χ2v) is 7.84. The zero-order valence-corrected chi connectivity index (χ0v) is 15.9. The van der Waals surface area contributed by atoms with Crippen LogP contribution < -0.4 is 5.32 Å². The van der Waals surface area contributed by atoms with Gasteiger partial charge in [-0.3, -0.25) is 4.90 Å². The van der Waals surface area contributed by atoms with E-state index in [2.05, 4.69) is 16.3 Å². The van der Waals surface area contributed by atoms with E-state index < -0.39 is 0 Å². The average Bonchev–Trinajstić information content (AvgIpc) is 2.59. The number of urea groups is 1. The molecule has 2 heterocycles. The van der Waals surface area contributed by atoms with Gasteiger partial charge >= 0.3 is 6.03 Å². The molecule has 2 amide bonds. The number of rotatable bonds is 3. The van der Waals surface area contributed by atoms with E-state index in [0.717, 1.165) is 56.9 Å². The third-order valence-electron chi connectivity index (χ3n) is 5.35. The van der Waals surface area contributed by atoms with Crippen LogP contribution in [0.1, 0.15) is 31.2 Å². The van der Waals surface area contributed by atoms with E-state index in [1.807, 2.05) is 18.2 Å². The van der Waals surface area contributed by atoms with Crippen LogP contribution in [0.4, 0.5) is 4.79 Å². The minimum absolute atomic E-state index is 0.0156. The third kappa shape index (κ3) is 4.66. The lowest BCUT2D eigenvalue weighted by atomic mass is 9.82. The fourth-order valence-electron chi connectivity index (χ4n) is 3.79. The maximum absolute atomic E-state index is 11.9. The van der Waals surface area contributed by atoms with Crippen LogP contribution in [0, 0.1) is 0 Å². The molecule has 2 saturated heterocycles. The summed E-state index contributed by atoms with van der Waals surface area (Å²) in [6, 6.07) is 8.24. The van der Waals surface area contributed by atoms with Crippen molar-refractivity contribution in [1.82, 2.24) is 15.1 Å². The number of amides is 2. The van der Waals surface area contributed by atoms with Crippen molar-refractivity contribution in [3.63, 3.8) is 0 Å². The summed E-state index contributed by atoms with van der Waals surface area (Å²) in [7, 11) is 3.55. The van der Waals surface area contributed by atoms with Gasteiger partial charge in [0.2, 0.25) is 0 Å². The minimum atomic E-state index is -0.0838. The van der Waals surface area contributed by atoms with Crippen molar-refractivity contribution in [3.05, 3.63) is 34.9 Å². The Morgan fingerprint density at radius 1 is 1.36 bits per heavy atom. The number of hydrogen-bond donors (Lipinski definition) is 1. The number of halogens is 1. The van der Waals surface area contributed by atoms with Gasteiger partial charge in [-0.05, 0) is 37.3 Å². The molecular formula is C19H28ClN3O2. The summed E-state index contributed by atoms with van der Waals surface area (Å²) in [5, 5.41) is 3.96. The van der Waals surface area contributed by atoms with E-state index in [-0.39, 0.29) is 17.7 Å². The van der Waals surface area contributed by atoms with Gasteiger partial charge in [0.25, 0.3) is 0 Å². The smallest absolute Gasteiger partial charge is 0.317 e. The van der Waals surface area contributed by atoms with Gasteiger partial charge in [0.15, 0.2) is 0 Å². The van der Waals surface area contributed by atoms with Gasteiger partial charge in [0.1, 0.15) is 0 Å². The third-order valence-corrected chi connectivity index (χ3v) is 5.71. The van der Waals surface area contributed by atoms with E-state index in [0.29, 0.717) is 0 Å². The summed E-state index contributed by atoms with van der Waals surface area (Å²) >= 11 is 6.28. The molecule has 1 spiro atoms. The number of nitrogens with one attached hydrogen (secondary N) is 1. The zero-order chi connectivity index (χ0) is 17.9. The fourth-order valence-corrected chi connectivity index (χ4v) is 3.98. The van der Waals surface area contributed by atoms with Crippen LogP contribution in [-0.4, -0.2) is 61.3 Å². The molecule has 0 unspecified atom stereocenters. The summed E-state index contributed by atoms with van der Waals surface area (Å²) in [5.74, 6) is 0. The van der Waals surface area contributed by atoms with Crippen LogP contribution in [0.15, 0.2) is 24.3 Å². The molecule has 0 bridgehead atoms.